The Kier molecular flexibility index (Phi) is 2.09. The van der Waals surface area contributed by atoms with Crippen LogP contribution in [0.15, 0.2) is 32.3 Å². The van der Waals surface area contributed by atoms with E-state index in [1.165, 1.54) is 18.7 Å². The summed E-state index contributed by atoms with van der Waals surface area (Å²) in [6, 6.07) is 0. The minimum atomic E-state index is -0.358. The molecule has 1 unspecified atom stereocenters. The molecule has 0 aromatic rings. The van der Waals surface area contributed by atoms with Gasteiger partial charge in [-0.25, -0.2) is 0 Å². The number of nitrogens with zero attached hydrogens (tertiary/aromatic N) is 5. The van der Waals surface area contributed by atoms with Crippen molar-refractivity contribution < 1.29 is 4.79 Å². The van der Waals surface area contributed by atoms with Crippen molar-refractivity contribution in [2.45, 2.75) is 18.5 Å². The quantitative estimate of drug-likeness (QED) is 0.639. The molecule has 0 spiro atoms. The summed E-state index contributed by atoms with van der Waals surface area (Å²) in [5, 5.41) is 16.1. The van der Waals surface area contributed by atoms with Crippen molar-refractivity contribution in [3.63, 3.8) is 0 Å². The number of rotatable bonds is 1. The summed E-state index contributed by atoms with van der Waals surface area (Å²) in [7, 11) is 0. The van der Waals surface area contributed by atoms with E-state index in [9.17, 15) is 4.79 Å². The first-order chi connectivity index (χ1) is 6.29. The van der Waals surface area contributed by atoms with Gasteiger partial charge in [-0.2, -0.15) is 0 Å². The molecule has 68 valence electrons. The van der Waals surface area contributed by atoms with Crippen LogP contribution in [0.25, 0.3) is 0 Å². The van der Waals surface area contributed by atoms with Crippen LogP contribution in [0.5, 0.6) is 0 Å². The van der Waals surface area contributed by atoms with Crippen molar-refractivity contribution in [2.24, 2.45) is 20.7 Å². The predicted octanol–water partition coefficient (Wildman–Crippen LogP) is 1.54. The van der Waals surface area contributed by atoms with Crippen LogP contribution in [0.3, 0.4) is 0 Å². The van der Waals surface area contributed by atoms with Crippen LogP contribution in [0, 0.1) is 0 Å². The Morgan fingerprint density at radius 3 is 2.77 bits per heavy atom. The maximum absolute atomic E-state index is 11.1. The fourth-order valence-electron chi connectivity index (χ4n) is 1.12. The average Bonchev–Trinajstić information content (AvgIpc) is 2.74. The van der Waals surface area contributed by atoms with Gasteiger partial charge in [0.25, 0.3) is 0 Å². The molecule has 6 nitrogen and oxygen atoms in total. The highest BCUT2D eigenvalue weighted by Crippen LogP contribution is 2.31. The Hall–Kier alpha value is -1.24. The summed E-state index contributed by atoms with van der Waals surface area (Å²) in [5.74, 6) is -0.0245. The molecule has 2 heterocycles. The number of amides is 1. The van der Waals surface area contributed by atoms with Gasteiger partial charge in [0.1, 0.15) is 5.37 Å². The summed E-state index contributed by atoms with van der Waals surface area (Å²) in [6.45, 7) is 1.51. The summed E-state index contributed by atoms with van der Waals surface area (Å²) in [4.78, 5) is 12.7. The third kappa shape index (κ3) is 1.46. The van der Waals surface area contributed by atoms with E-state index in [2.05, 4.69) is 20.7 Å². The monoisotopic (exact) mass is 197 g/mol. The summed E-state index contributed by atoms with van der Waals surface area (Å²) >= 11 is 1.49. The number of thioether (sulfide) groups is 1. The first-order valence-electron chi connectivity index (χ1n) is 3.70. The van der Waals surface area contributed by atoms with E-state index >= 15 is 0 Å². The molecular formula is C6H7N5OS. The maximum atomic E-state index is 11.1. The Bertz CT molecular complexity index is 300. The Balaban J connectivity index is 2.12. The van der Waals surface area contributed by atoms with Gasteiger partial charge in [0.15, 0.2) is 0 Å². The lowest BCUT2D eigenvalue weighted by atomic mass is 10.4. The summed E-state index contributed by atoms with van der Waals surface area (Å²) in [6.07, 6.45) is 1.37. The van der Waals surface area contributed by atoms with E-state index in [0.29, 0.717) is 0 Å². The van der Waals surface area contributed by atoms with E-state index in [0.717, 1.165) is 0 Å². The molecule has 0 aromatic carbocycles. The normalized spacial score (nSPS) is 26.2. The third-order valence-corrected chi connectivity index (χ3v) is 2.74. The SMILES string of the molecule is CC(=O)N1C=CSC1C1N=NN=N1. The lowest BCUT2D eigenvalue weighted by molar-refractivity contribution is -0.126. The molecule has 2 aliphatic rings. The lowest BCUT2D eigenvalue weighted by Gasteiger charge is -2.21. The molecule has 1 amide bonds. The zero-order valence-corrected chi connectivity index (χ0v) is 7.68. The van der Waals surface area contributed by atoms with Gasteiger partial charge in [0, 0.05) is 13.1 Å². The van der Waals surface area contributed by atoms with Crippen molar-refractivity contribution >= 4 is 17.7 Å². The maximum Gasteiger partial charge on any atom is 0.224 e. The second-order valence-electron chi connectivity index (χ2n) is 2.56. The van der Waals surface area contributed by atoms with Crippen LogP contribution in [-0.4, -0.2) is 22.3 Å². The average molecular weight is 197 g/mol. The molecular weight excluding hydrogens is 190 g/mol. The van der Waals surface area contributed by atoms with E-state index in [1.54, 1.807) is 11.1 Å². The van der Waals surface area contributed by atoms with Crippen LogP contribution in [0.4, 0.5) is 0 Å². The first kappa shape index (κ1) is 8.36. The molecule has 2 rings (SSSR count). The van der Waals surface area contributed by atoms with Crippen molar-refractivity contribution in [3.05, 3.63) is 11.6 Å². The second kappa shape index (κ2) is 3.25. The van der Waals surface area contributed by atoms with Gasteiger partial charge in [-0.1, -0.05) is 0 Å². The molecule has 0 saturated heterocycles. The molecule has 0 fully saturated rings. The summed E-state index contributed by atoms with van der Waals surface area (Å²) in [5.41, 5.74) is 0. The molecule has 0 saturated carbocycles. The molecule has 2 aliphatic heterocycles. The highest BCUT2D eigenvalue weighted by Gasteiger charge is 2.33. The molecule has 0 bridgehead atoms. The second-order valence-corrected chi connectivity index (χ2v) is 3.59. The number of carbonyl (C=O) groups is 1. The topological polar surface area (TPSA) is 69.8 Å². The molecule has 0 radical (unpaired) electrons. The predicted molar refractivity (Wildman–Crippen MR) is 46.5 cm³/mol. The highest BCUT2D eigenvalue weighted by atomic mass is 32.2. The van der Waals surface area contributed by atoms with Gasteiger partial charge in [-0.3, -0.25) is 4.79 Å². The number of hydrogen-bond acceptors (Lipinski definition) is 6. The lowest BCUT2D eigenvalue weighted by Crippen LogP contribution is -2.35. The van der Waals surface area contributed by atoms with Gasteiger partial charge < -0.3 is 4.90 Å². The van der Waals surface area contributed by atoms with E-state index < -0.39 is 0 Å². The fourth-order valence-corrected chi connectivity index (χ4v) is 2.08. The van der Waals surface area contributed by atoms with E-state index in [4.69, 9.17) is 0 Å². The zero-order chi connectivity index (χ0) is 9.26. The fraction of sp³-hybridized carbons (Fsp3) is 0.500. The highest BCUT2D eigenvalue weighted by molar-refractivity contribution is 8.03. The van der Waals surface area contributed by atoms with Gasteiger partial charge in [0.2, 0.25) is 12.1 Å². The Labute approximate surface area is 78.8 Å². The molecule has 1 atom stereocenters. The number of hydrogen-bond donors (Lipinski definition) is 0. The smallest absolute Gasteiger partial charge is 0.224 e. The molecule has 13 heavy (non-hydrogen) atoms. The van der Waals surface area contributed by atoms with Crippen LogP contribution in [-0.2, 0) is 4.79 Å². The Morgan fingerprint density at radius 2 is 2.15 bits per heavy atom. The van der Waals surface area contributed by atoms with Crippen LogP contribution < -0.4 is 0 Å². The minimum absolute atomic E-state index is 0.0245. The van der Waals surface area contributed by atoms with Crippen molar-refractivity contribution in [3.8, 4) is 0 Å². The standard InChI is InChI=1S/C6H7N5OS/c1-4(12)11-2-3-13-6(11)5-7-9-10-8-5/h2-3,5-6H,1H3. The Morgan fingerprint density at radius 1 is 1.46 bits per heavy atom. The third-order valence-electron chi connectivity index (χ3n) is 1.71. The van der Waals surface area contributed by atoms with Gasteiger partial charge >= 0.3 is 0 Å². The zero-order valence-electron chi connectivity index (χ0n) is 6.86. The van der Waals surface area contributed by atoms with Crippen molar-refractivity contribution in [1.82, 2.24) is 4.90 Å². The van der Waals surface area contributed by atoms with Crippen LogP contribution >= 0.6 is 11.8 Å². The van der Waals surface area contributed by atoms with Crippen molar-refractivity contribution in [1.29, 1.82) is 0 Å². The largest absolute Gasteiger partial charge is 0.302 e. The van der Waals surface area contributed by atoms with Gasteiger partial charge in [-0.05, 0) is 15.9 Å². The van der Waals surface area contributed by atoms with Crippen molar-refractivity contribution in [2.75, 3.05) is 0 Å². The number of carbonyl (C=O) groups excluding carboxylic acids is 1. The molecule has 7 heteroatoms. The summed E-state index contributed by atoms with van der Waals surface area (Å²) < 4.78 is 0. The van der Waals surface area contributed by atoms with Crippen LogP contribution in [0.2, 0.25) is 0 Å². The molecule has 0 aliphatic carbocycles. The molecule has 0 aromatic heterocycles. The first-order valence-corrected chi connectivity index (χ1v) is 4.64. The van der Waals surface area contributed by atoms with Gasteiger partial charge in [0.05, 0.1) is 0 Å². The van der Waals surface area contributed by atoms with E-state index in [-0.39, 0.29) is 17.4 Å². The van der Waals surface area contributed by atoms with Gasteiger partial charge in [-0.15, -0.1) is 22.0 Å². The molecule has 0 N–H and O–H groups in total. The van der Waals surface area contributed by atoms with Crippen LogP contribution in [0.1, 0.15) is 6.92 Å². The minimum Gasteiger partial charge on any atom is -0.302 e. The van der Waals surface area contributed by atoms with E-state index in [1.807, 2.05) is 5.41 Å².